The highest BCUT2D eigenvalue weighted by Crippen LogP contribution is 2.34. The van der Waals surface area contributed by atoms with Crippen LogP contribution >= 0.6 is 0 Å². The molecule has 31 heavy (non-hydrogen) atoms. The molecule has 1 aliphatic heterocycles. The topological polar surface area (TPSA) is 78.9 Å². The lowest BCUT2D eigenvalue weighted by molar-refractivity contribution is -0.167. The maximum absolute atomic E-state index is 12.5. The van der Waals surface area contributed by atoms with Crippen LogP contribution in [0.5, 0.6) is 0 Å². The van der Waals surface area contributed by atoms with Crippen LogP contribution in [0.3, 0.4) is 0 Å². The first-order valence-electron chi connectivity index (χ1n) is 11.3. The minimum atomic E-state index is -0.632. The van der Waals surface area contributed by atoms with Gasteiger partial charge in [0.2, 0.25) is 0 Å². The van der Waals surface area contributed by atoms with Crippen molar-refractivity contribution < 1.29 is 28.6 Å². The number of rotatable bonds is 11. The molecule has 176 valence electrons. The molecular formula is C25H40O6. The number of hydrogen-bond acceptors (Lipinski definition) is 6. The maximum Gasteiger partial charge on any atom is 0.303 e. The van der Waals surface area contributed by atoms with Crippen LogP contribution < -0.4 is 0 Å². The third-order valence-electron chi connectivity index (χ3n) is 6.04. The van der Waals surface area contributed by atoms with Crippen LogP contribution in [0, 0.1) is 11.8 Å². The van der Waals surface area contributed by atoms with Gasteiger partial charge in [0, 0.05) is 26.2 Å². The average Bonchev–Trinajstić information content (AvgIpc) is 2.81. The van der Waals surface area contributed by atoms with Crippen LogP contribution in [0.2, 0.25) is 0 Å². The van der Waals surface area contributed by atoms with Gasteiger partial charge in [-0.15, -0.1) is 0 Å². The Kier molecular flexibility index (Phi) is 11.2. The molecule has 0 aromatic rings. The highest BCUT2D eigenvalue weighted by molar-refractivity contribution is 5.82. The first kappa shape index (κ1) is 27.1. The molecule has 3 atom stereocenters. The number of ketones is 1. The normalized spacial score (nSPS) is 23.8. The van der Waals surface area contributed by atoms with Crippen molar-refractivity contribution in [2.75, 3.05) is 13.2 Å². The zero-order chi connectivity index (χ0) is 23.6. The summed E-state index contributed by atoms with van der Waals surface area (Å²) in [4.78, 5) is 35.1. The van der Waals surface area contributed by atoms with Crippen LogP contribution in [-0.4, -0.2) is 42.6 Å². The van der Waals surface area contributed by atoms with E-state index in [1.54, 1.807) is 0 Å². The predicted molar refractivity (Wildman–Crippen MR) is 120 cm³/mol. The molecule has 2 unspecified atom stereocenters. The summed E-state index contributed by atoms with van der Waals surface area (Å²) >= 11 is 0. The molecule has 0 aromatic heterocycles. The summed E-state index contributed by atoms with van der Waals surface area (Å²) < 4.78 is 16.8. The molecule has 1 rings (SSSR count). The smallest absolute Gasteiger partial charge is 0.303 e. The molecule has 0 N–H and O–H groups in total. The summed E-state index contributed by atoms with van der Waals surface area (Å²) in [6, 6.07) is 0. The van der Waals surface area contributed by atoms with Gasteiger partial charge in [0.15, 0.2) is 0 Å². The molecule has 0 radical (unpaired) electrons. The Morgan fingerprint density at radius 1 is 1.23 bits per heavy atom. The number of allylic oxidation sites excluding steroid dienone is 1. The second-order valence-electron chi connectivity index (χ2n) is 9.15. The van der Waals surface area contributed by atoms with Gasteiger partial charge in [0.05, 0.1) is 6.61 Å². The van der Waals surface area contributed by atoms with E-state index in [1.165, 1.54) is 13.8 Å². The molecule has 1 fully saturated rings. The van der Waals surface area contributed by atoms with Gasteiger partial charge in [-0.2, -0.15) is 0 Å². The van der Waals surface area contributed by atoms with E-state index in [9.17, 15) is 14.4 Å². The fraction of sp³-hybridized carbons (Fsp3) is 0.720. The van der Waals surface area contributed by atoms with Gasteiger partial charge in [-0.05, 0) is 56.6 Å². The predicted octanol–water partition coefficient (Wildman–Crippen LogP) is 4.95. The van der Waals surface area contributed by atoms with Gasteiger partial charge in [-0.3, -0.25) is 14.4 Å². The Labute approximate surface area is 187 Å². The number of esters is 2. The summed E-state index contributed by atoms with van der Waals surface area (Å²) in [5.41, 5.74) is 1.37. The number of hydrogen-bond donors (Lipinski definition) is 0. The molecule has 1 heterocycles. The summed E-state index contributed by atoms with van der Waals surface area (Å²) in [6.07, 6.45) is 5.51. The van der Waals surface area contributed by atoms with Gasteiger partial charge in [-0.25, -0.2) is 0 Å². The van der Waals surface area contributed by atoms with Crippen LogP contribution in [0.15, 0.2) is 23.8 Å². The SMILES string of the molecule is C=C(CC(=O)C(C)CCCC1(C)OCC(=CCOC(C)=O)CC[C@H]1OC(C)=O)C(C)C. The third kappa shape index (κ3) is 9.81. The van der Waals surface area contributed by atoms with E-state index in [-0.39, 0.29) is 36.4 Å². The Morgan fingerprint density at radius 3 is 2.48 bits per heavy atom. The van der Waals surface area contributed by atoms with Crippen molar-refractivity contribution in [3.63, 3.8) is 0 Å². The van der Waals surface area contributed by atoms with E-state index in [0.29, 0.717) is 38.2 Å². The first-order chi connectivity index (χ1) is 14.4. The molecular weight excluding hydrogens is 396 g/mol. The van der Waals surface area contributed by atoms with E-state index in [1.807, 2.05) is 19.9 Å². The van der Waals surface area contributed by atoms with Crippen LogP contribution in [-0.2, 0) is 28.6 Å². The van der Waals surface area contributed by atoms with Crippen molar-refractivity contribution in [3.8, 4) is 0 Å². The number of Topliss-reactive ketones (excluding diaryl/α,β-unsaturated/α-hetero) is 1. The molecule has 0 amide bonds. The van der Waals surface area contributed by atoms with Crippen LogP contribution in [0.25, 0.3) is 0 Å². The Bertz CT molecular complexity index is 677. The van der Waals surface area contributed by atoms with Gasteiger partial charge in [0.25, 0.3) is 0 Å². The first-order valence-corrected chi connectivity index (χ1v) is 11.3. The summed E-state index contributed by atoms with van der Waals surface area (Å²) in [5.74, 6) is -0.172. The lowest BCUT2D eigenvalue weighted by Crippen LogP contribution is -2.43. The molecule has 6 heteroatoms. The average molecular weight is 437 g/mol. The van der Waals surface area contributed by atoms with E-state index < -0.39 is 5.60 Å². The molecule has 1 aliphatic rings. The van der Waals surface area contributed by atoms with Gasteiger partial charge in [0.1, 0.15) is 24.1 Å². The lowest BCUT2D eigenvalue weighted by Gasteiger charge is -2.35. The van der Waals surface area contributed by atoms with E-state index in [2.05, 4.69) is 20.4 Å². The highest BCUT2D eigenvalue weighted by atomic mass is 16.6. The Hall–Kier alpha value is -1.95. The molecule has 0 bridgehead atoms. The second-order valence-corrected chi connectivity index (χ2v) is 9.15. The zero-order valence-corrected chi connectivity index (χ0v) is 20.1. The van der Waals surface area contributed by atoms with E-state index in [4.69, 9.17) is 14.2 Å². The molecule has 0 saturated carbocycles. The Balaban J connectivity index is 2.71. The van der Waals surface area contributed by atoms with Gasteiger partial charge >= 0.3 is 11.9 Å². The monoisotopic (exact) mass is 436 g/mol. The van der Waals surface area contributed by atoms with Crippen LogP contribution in [0.1, 0.15) is 80.1 Å². The number of ether oxygens (including phenoxy) is 3. The van der Waals surface area contributed by atoms with Crippen molar-refractivity contribution in [1.82, 2.24) is 0 Å². The third-order valence-corrected chi connectivity index (χ3v) is 6.04. The molecule has 6 nitrogen and oxygen atoms in total. The van der Waals surface area contributed by atoms with E-state index in [0.717, 1.165) is 24.0 Å². The van der Waals surface area contributed by atoms with Crippen LogP contribution in [0.4, 0.5) is 0 Å². The lowest BCUT2D eigenvalue weighted by atomic mass is 9.86. The highest BCUT2D eigenvalue weighted by Gasteiger charge is 2.39. The summed E-state index contributed by atoms with van der Waals surface area (Å²) in [7, 11) is 0. The standard InChI is InChI=1S/C25H40O6/c1-17(2)19(4)15-23(28)18(3)9-8-13-25(7)24(31-21(6)27)11-10-22(16-30-25)12-14-29-20(5)26/h12,17-18,24H,4,8-11,13-16H2,1-3,5-7H3/t18?,24-,25?/m1/s1. The van der Waals surface area contributed by atoms with Gasteiger partial charge in [-0.1, -0.05) is 32.9 Å². The van der Waals surface area contributed by atoms with Gasteiger partial charge < -0.3 is 14.2 Å². The number of carbonyl (C=O) groups is 3. The maximum atomic E-state index is 12.5. The second kappa shape index (κ2) is 12.8. The summed E-state index contributed by atoms with van der Waals surface area (Å²) in [5, 5.41) is 0. The zero-order valence-electron chi connectivity index (χ0n) is 20.1. The number of carbonyl (C=O) groups excluding carboxylic acids is 3. The van der Waals surface area contributed by atoms with Crippen molar-refractivity contribution >= 4 is 17.7 Å². The van der Waals surface area contributed by atoms with Crippen molar-refractivity contribution in [3.05, 3.63) is 23.8 Å². The van der Waals surface area contributed by atoms with Crippen molar-refractivity contribution in [1.29, 1.82) is 0 Å². The molecule has 0 spiro atoms. The van der Waals surface area contributed by atoms with Crippen molar-refractivity contribution in [2.45, 2.75) is 91.8 Å². The quantitative estimate of drug-likeness (QED) is 0.337. The molecule has 1 saturated heterocycles. The fourth-order valence-electron chi connectivity index (χ4n) is 3.62. The molecule has 0 aliphatic carbocycles. The minimum Gasteiger partial charge on any atom is -0.462 e. The Morgan fingerprint density at radius 2 is 1.90 bits per heavy atom. The van der Waals surface area contributed by atoms with Crippen molar-refractivity contribution in [2.24, 2.45) is 11.8 Å². The summed E-state index contributed by atoms with van der Waals surface area (Å²) in [6.45, 7) is 15.4. The largest absolute Gasteiger partial charge is 0.462 e. The molecule has 0 aromatic carbocycles. The fourth-order valence-corrected chi connectivity index (χ4v) is 3.62. The van der Waals surface area contributed by atoms with E-state index >= 15 is 0 Å². The minimum absolute atomic E-state index is 0.0451.